The second-order valence-corrected chi connectivity index (χ2v) is 6.99. The van der Waals surface area contributed by atoms with Gasteiger partial charge in [-0.2, -0.15) is 0 Å². The van der Waals surface area contributed by atoms with Gasteiger partial charge >= 0.3 is 0 Å². The molecule has 0 amide bonds. The number of piperidine rings is 1. The van der Waals surface area contributed by atoms with Gasteiger partial charge < -0.3 is 9.64 Å². The average Bonchev–Trinajstić information content (AvgIpc) is 3.35. The van der Waals surface area contributed by atoms with Crippen molar-refractivity contribution in [2.45, 2.75) is 51.0 Å². The van der Waals surface area contributed by atoms with Crippen molar-refractivity contribution in [3.05, 3.63) is 23.8 Å². The van der Waals surface area contributed by atoms with Crippen molar-refractivity contribution < 1.29 is 13.5 Å². The van der Waals surface area contributed by atoms with Crippen molar-refractivity contribution in [3.8, 4) is 0 Å². The number of hydrogen-bond acceptors (Lipinski definition) is 2. The van der Waals surface area contributed by atoms with Gasteiger partial charge in [0, 0.05) is 25.6 Å². The molecule has 0 aromatic rings. The SMILES string of the molecule is FC1=C(F)C(CCCN2CCC(OCC3CC3)CC2)CC=C1. The summed E-state index contributed by atoms with van der Waals surface area (Å²) in [7, 11) is 0. The minimum atomic E-state index is -0.676. The van der Waals surface area contributed by atoms with Crippen LogP contribution in [0.1, 0.15) is 44.9 Å². The van der Waals surface area contributed by atoms with Crippen molar-refractivity contribution in [1.82, 2.24) is 4.90 Å². The zero-order chi connectivity index (χ0) is 15.4. The van der Waals surface area contributed by atoms with Crippen molar-refractivity contribution in [3.63, 3.8) is 0 Å². The molecule has 0 aromatic heterocycles. The number of hydrogen-bond donors (Lipinski definition) is 0. The Kier molecular flexibility index (Phi) is 5.64. The first-order valence-corrected chi connectivity index (χ1v) is 8.78. The van der Waals surface area contributed by atoms with Crippen LogP contribution in [0.15, 0.2) is 23.8 Å². The van der Waals surface area contributed by atoms with Crippen LogP contribution >= 0.6 is 0 Å². The van der Waals surface area contributed by atoms with Gasteiger partial charge in [-0.15, -0.1) is 0 Å². The fourth-order valence-corrected chi connectivity index (χ4v) is 3.38. The van der Waals surface area contributed by atoms with Gasteiger partial charge in [-0.3, -0.25) is 0 Å². The van der Waals surface area contributed by atoms with Crippen LogP contribution in [0.4, 0.5) is 8.78 Å². The molecule has 0 radical (unpaired) electrons. The normalized spacial score (nSPS) is 27.6. The highest BCUT2D eigenvalue weighted by Gasteiger charge is 2.25. The monoisotopic (exact) mass is 311 g/mol. The van der Waals surface area contributed by atoms with Crippen LogP contribution in [0.3, 0.4) is 0 Å². The summed E-state index contributed by atoms with van der Waals surface area (Å²) in [5.41, 5.74) is 0. The van der Waals surface area contributed by atoms with E-state index in [0.29, 0.717) is 12.5 Å². The summed E-state index contributed by atoms with van der Waals surface area (Å²) in [6, 6.07) is 0. The van der Waals surface area contributed by atoms with E-state index in [1.54, 1.807) is 6.08 Å². The van der Waals surface area contributed by atoms with Crippen LogP contribution in [0.5, 0.6) is 0 Å². The maximum absolute atomic E-state index is 13.6. The van der Waals surface area contributed by atoms with E-state index in [9.17, 15) is 8.78 Å². The van der Waals surface area contributed by atoms with Crippen molar-refractivity contribution in [1.29, 1.82) is 0 Å². The number of allylic oxidation sites excluding steroid dienone is 4. The molecule has 0 bridgehead atoms. The highest BCUT2D eigenvalue weighted by molar-refractivity contribution is 5.22. The number of ether oxygens (including phenoxy) is 1. The van der Waals surface area contributed by atoms with Gasteiger partial charge in [-0.25, -0.2) is 8.78 Å². The molecule has 1 saturated heterocycles. The smallest absolute Gasteiger partial charge is 0.154 e. The minimum absolute atomic E-state index is 0.246. The summed E-state index contributed by atoms with van der Waals surface area (Å²) in [4.78, 5) is 2.44. The van der Waals surface area contributed by atoms with Crippen molar-refractivity contribution in [2.24, 2.45) is 11.8 Å². The molecular weight excluding hydrogens is 284 g/mol. The van der Waals surface area contributed by atoms with Crippen LogP contribution in [-0.2, 0) is 4.74 Å². The molecule has 1 aliphatic heterocycles. The summed E-state index contributed by atoms with van der Waals surface area (Å²) < 4.78 is 32.8. The van der Waals surface area contributed by atoms with Gasteiger partial charge in [-0.05, 0) is 63.5 Å². The van der Waals surface area contributed by atoms with Crippen LogP contribution in [0.25, 0.3) is 0 Å². The maximum Gasteiger partial charge on any atom is 0.154 e. The predicted octanol–water partition coefficient (Wildman–Crippen LogP) is 4.38. The molecule has 1 unspecified atom stereocenters. The Morgan fingerprint density at radius 1 is 1.14 bits per heavy atom. The third-order valence-corrected chi connectivity index (χ3v) is 5.10. The van der Waals surface area contributed by atoms with E-state index in [-0.39, 0.29) is 5.92 Å². The standard InChI is InChI=1S/C18H27F2NO/c19-17-5-1-3-15(18(17)20)4-2-10-21-11-8-16(9-12-21)22-13-14-6-7-14/h1,5,14-16H,2-4,6-13H2. The van der Waals surface area contributed by atoms with Crippen molar-refractivity contribution >= 4 is 0 Å². The molecule has 2 nitrogen and oxygen atoms in total. The molecule has 1 atom stereocenters. The Bertz CT molecular complexity index is 423. The quantitative estimate of drug-likeness (QED) is 0.691. The Morgan fingerprint density at radius 2 is 1.91 bits per heavy atom. The van der Waals surface area contributed by atoms with Gasteiger partial charge in [0.15, 0.2) is 5.83 Å². The van der Waals surface area contributed by atoms with E-state index in [0.717, 1.165) is 57.8 Å². The first-order chi connectivity index (χ1) is 10.7. The van der Waals surface area contributed by atoms with Gasteiger partial charge in [0.05, 0.1) is 6.10 Å². The van der Waals surface area contributed by atoms with Crippen LogP contribution in [0.2, 0.25) is 0 Å². The summed E-state index contributed by atoms with van der Waals surface area (Å²) >= 11 is 0. The van der Waals surface area contributed by atoms with Gasteiger partial charge in [-0.1, -0.05) is 6.08 Å². The number of nitrogens with zero attached hydrogens (tertiary/aromatic N) is 1. The largest absolute Gasteiger partial charge is 0.378 e. The Labute approximate surface area is 132 Å². The minimum Gasteiger partial charge on any atom is -0.378 e. The van der Waals surface area contributed by atoms with Gasteiger partial charge in [0.25, 0.3) is 0 Å². The lowest BCUT2D eigenvalue weighted by Gasteiger charge is -2.32. The number of halogens is 2. The van der Waals surface area contributed by atoms with E-state index < -0.39 is 11.7 Å². The molecule has 0 N–H and O–H groups in total. The second kappa shape index (κ2) is 7.69. The molecule has 22 heavy (non-hydrogen) atoms. The molecule has 2 fully saturated rings. The van der Waals surface area contributed by atoms with E-state index in [4.69, 9.17) is 4.74 Å². The lowest BCUT2D eigenvalue weighted by Crippen LogP contribution is -2.37. The molecule has 2 aliphatic carbocycles. The molecule has 124 valence electrons. The number of rotatable bonds is 7. The third kappa shape index (κ3) is 4.63. The molecular formula is C18H27F2NO. The zero-order valence-corrected chi connectivity index (χ0v) is 13.3. The first kappa shape index (κ1) is 16.1. The summed E-state index contributed by atoms with van der Waals surface area (Å²) in [5, 5.41) is 0. The van der Waals surface area contributed by atoms with E-state index in [1.165, 1.54) is 18.9 Å². The topological polar surface area (TPSA) is 12.5 Å². The molecule has 4 heteroatoms. The lowest BCUT2D eigenvalue weighted by atomic mass is 9.93. The highest BCUT2D eigenvalue weighted by Crippen LogP contribution is 2.31. The Hall–Kier alpha value is -0.740. The lowest BCUT2D eigenvalue weighted by molar-refractivity contribution is 0.00212. The van der Waals surface area contributed by atoms with Gasteiger partial charge in [0.2, 0.25) is 0 Å². The molecule has 0 spiro atoms. The molecule has 1 heterocycles. The summed E-state index contributed by atoms with van der Waals surface area (Å²) in [6.45, 7) is 4.10. The first-order valence-electron chi connectivity index (χ1n) is 8.78. The third-order valence-electron chi connectivity index (χ3n) is 5.10. The molecule has 3 rings (SSSR count). The van der Waals surface area contributed by atoms with E-state index in [1.807, 2.05) is 0 Å². The number of likely N-dealkylation sites (tertiary alicyclic amines) is 1. The van der Waals surface area contributed by atoms with E-state index in [2.05, 4.69) is 4.90 Å². The summed E-state index contributed by atoms with van der Waals surface area (Å²) in [5.74, 6) is -0.630. The van der Waals surface area contributed by atoms with E-state index >= 15 is 0 Å². The molecule has 1 saturated carbocycles. The van der Waals surface area contributed by atoms with Crippen LogP contribution in [-0.4, -0.2) is 37.2 Å². The highest BCUT2D eigenvalue weighted by atomic mass is 19.2. The molecule has 3 aliphatic rings. The average molecular weight is 311 g/mol. The predicted molar refractivity (Wildman–Crippen MR) is 83.9 cm³/mol. The molecule has 0 aromatic carbocycles. The Morgan fingerprint density at radius 3 is 2.64 bits per heavy atom. The van der Waals surface area contributed by atoms with Crippen LogP contribution < -0.4 is 0 Å². The fraction of sp³-hybridized carbons (Fsp3) is 0.778. The second-order valence-electron chi connectivity index (χ2n) is 6.99. The zero-order valence-electron chi connectivity index (χ0n) is 13.3. The van der Waals surface area contributed by atoms with Crippen LogP contribution in [0, 0.1) is 11.8 Å². The van der Waals surface area contributed by atoms with Crippen molar-refractivity contribution in [2.75, 3.05) is 26.2 Å². The Balaban J connectivity index is 1.29. The summed E-state index contributed by atoms with van der Waals surface area (Å²) in [6.07, 6.45) is 10.7. The fourth-order valence-electron chi connectivity index (χ4n) is 3.38. The van der Waals surface area contributed by atoms with Gasteiger partial charge in [0.1, 0.15) is 5.83 Å². The maximum atomic E-state index is 13.6.